The van der Waals surface area contributed by atoms with Crippen molar-refractivity contribution in [3.8, 4) is 11.5 Å². The third kappa shape index (κ3) is 4.02. The number of nitrogens with one attached hydrogen (secondary N) is 1. The molecular weight excluding hydrogens is 281 g/mol. The van der Waals surface area contributed by atoms with Gasteiger partial charge in [-0.15, -0.1) is 10.2 Å². The van der Waals surface area contributed by atoms with Gasteiger partial charge >= 0.3 is 0 Å². The lowest BCUT2D eigenvalue weighted by atomic mass is 10.1. The molecule has 0 saturated heterocycles. The van der Waals surface area contributed by atoms with E-state index in [1.165, 1.54) is 12.1 Å². The molecule has 1 N–H and O–H groups in total. The van der Waals surface area contributed by atoms with Crippen LogP contribution in [0.5, 0.6) is 0 Å². The SMILES string of the molecule is CC(C)(C)NCCc1nnc(-c2ccc(F)c(Cl)c2)o1. The highest BCUT2D eigenvalue weighted by Gasteiger charge is 2.12. The zero-order valence-corrected chi connectivity index (χ0v) is 12.5. The van der Waals surface area contributed by atoms with Crippen LogP contribution in [0.25, 0.3) is 11.5 Å². The van der Waals surface area contributed by atoms with E-state index in [0.717, 1.165) is 6.54 Å². The van der Waals surface area contributed by atoms with Crippen LogP contribution in [-0.4, -0.2) is 22.3 Å². The average molecular weight is 298 g/mol. The molecule has 0 aliphatic carbocycles. The topological polar surface area (TPSA) is 51.0 Å². The fourth-order valence-electron chi connectivity index (χ4n) is 1.64. The van der Waals surface area contributed by atoms with Crippen molar-refractivity contribution in [3.05, 3.63) is 34.9 Å². The molecular formula is C14H17ClFN3O. The molecule has 1 aromatic heterocycles. The molecule has 0 radical (unpaired) electrons. The van der Waals surface area contributed by atoms with E-state index in [4.69, 9.17) is 16.0 Å². The number of nitrogens with zero attached hydrogens (tertiary/aromatic N) is 2. The Balaban J connectivity index is 2.03. The molecule has 4 nitrogen and oxygen atoms in total. The van der Waals surface area contributed by atoms with Crippen LogP contribution >= 0.6 is 11.6 Å². The van der Waals surface area contributed by atoms with Gasteiger partial charge in [0, 0.05) is 24.1 Å². The van der Waals surface area contributed by atoms with Crippen LogP contribution in [0.2, 0.25) is 5.02 Å². The fourth-order valence-corrected chi connectivity index (χ4v) is 1.83. The maximum absolute atomic E-state index is 13.1. The fraction of sp³-hybridized carbons (Fsp3) is 0.429. The van der Waals surface area contributed by atoms with Crippen LogP contribution in [0.3, 0.4) is 0 Å². The van der Waals surface area contributed by atoms with Crippen molar-refractivity contribution >= 4 is 11.6 Å². The lowest BCUT2D eigenvalue weighted by Gasteiger charge is -2.19. The number of hydrogen-bond donors (Lipinski definition) is 1. The Kier molecular flexibility index (Phi) is 4.40. The molecule has 0 aliphatic rings. The minimum atomic E-state index is -0.468. The van der Waals surface area contributed by atoms with Gasteiger partial charge < -0.3 is 9.73 Å². The van der Waals surface area contributed by atoms with Gasteiger partial charge in [-0.2, -0.15) is 0 Å². The summed E-state index contributed by atoms with van der Waals surface area (Å²) in [5.74, 6) is 0.416. The Morgan fingerprint density at radius 2 is 2.05 bits per heavy atom. The lowest BCUT2D eigenvalue weighted by Crippen LogP contribution is -2.37. The lowest BCUT2D eigenvalue weighted by molar-refractivity contribution is 0.412. The molecule has 108 valence electrons. The molecule has 0 fully saturated rings. The van der Waals surface area contributed by atoms with E-state index in [1.54, 1.807) is 6.07 Å². The highest BCUT2D eigenvalue weighted by molar-refractivity contribution is 6.31. The largest absolute Gasteiger partial charge is 0.421 e. The predicted octanol–water partition coefficient (Wildman–Crippen LogP) is 3.46. The van der Waals surface area contributed by atoms with E-state index in [2.05, 4.69) is 36.3 Å². The van der Waals surface area contributed by atoms with Crippen molar-refractivity contribution in [2.75, 3.05) is 6.54 Å². The Morgan fingerprint density at radius 1 is 1.30 bits per heavy atom. The molecule has 6 heteroatoms. The van der Waals surface area contributed by atoms with Crippen LogP contribution in [-0.2, 0) is 6.42 Å². The average Bonchev–Trinajstić information content (AvgIpc) is 2.80. The van der Waals surface area contributed by atoms with Crippen LogP contribution in [0.15, 0.2) is 22.6 Å². The molecule has 20 heavy (non-hydrogen) atoms. The Morgan fingerprint density at radius 3 is 2.70 bits per heavy atom. The van der Waals surface area contributed by atoms with Gasteiger partial charge in [0.25, 0.3) is 0 Å². The quantitative estimate of drug-likeness (QED) is 0.939. The molecule has 0 bridgehead atoms. The van der Waals surface area contributed by atoms with E-state index < -0.39 is 5.82 Å². The summed E-state index contributed by atoms with van der Waals surface area (Å²) in [6.45, 7) is 7.02. The Bertz CT molecular complexity index is 592. The van der Waals surface area contributed by atoms with Crippen molar-refractivity contribution in [2.45, 2.75) is 32.7 Å². The molecule has 0 spiro atoms. The minimum absolute atomic E-state index is 0.0386. The first-order valence-electron chi connectivity index (χ1n) is 6.38. The summed E-state index contributed by atoms with van der Waals surface area (Å²) >= 11 is 5.73. The first-order valence-corrected chi connectivity index (χ1v) is 6.76. The molecule has 0 amide bonds. The summed E-state index contributed by atoms with van der Waals surface area (Å²) in [5, 5.41) is 11.3. The minimum Gasteiger partial charge on any atom is -0.421 e. The number of halogens is 2. The van der Waals surface area contributed by atoms with Gasteiger partial charge in [-0.1, -0.05) is 11.6 Å². The maximum Gasteiger partial charge on any atom is 0.247 e. The summed E-state index contributed by atoms with van der Waals surface area (Å²) in [4.78, 5) is 0. The van der Waals surface area contributed by atoms with Gasteiger partial charge in [0.05, 0.1) is 5.02 Å². The summed E-state index contributed by atoms with van der Waals surface area (Å²) in [7, 11) is 0. The highest BCUT2D eigenvalue weighted by Crippen LogP contribution is 2.23. The second-order valence-electron chi connectivity index (χ2n) is 5.56. The summed E-state index contributed by atoms with van der Waals surface area (Å²) in [6.07, 6.45) is 0.638. The molecule has 1 heterocycles. The molecule has 0 atom stereocenters. The summed E-state index contributed by atoms with van der Waals surface area (Å²) in [6, 6.07) is 4.32. The Hall–Kier alpha value is -1.46. The van der Waals surface area contributed by atoms with Crippen molar-refractivity contribution in [1.82, 2.24) is 15.5 Å². The van der Waals surface area contributed by atoms with Crippen molar-refractivity contribution in [2.24, 2.45) is 0 Å². The van der Waals surface area contributed by atoms with Gasteiger partial charge in [0.1, 0.15) is 5.82 Å². The number of aromatic nitrogens is 2. The van der Waals surface area contributed by atoms with Gasteiger partial charge in [-0.25, -0.2) is 4.39 Å². The van der Waals surface area contributed by atoms with Gasteiger partial charge in [-0.05, 0) is 39.0 Å². The molecule has 0 unspecified atom stereocenters. The molecule has 2 rings (SSSR count). The number of rotatable bonds is 4. The van der Waals surface area contributed by atoms with E-state index in [0.29, 0.717) is 23.8 Å². The van der Waals surface area contributed by atoms with Gasteiger partial charge in [0.2, 0.25) is 11.8 Å². The molecule has 0 aliphatic heterocycles. The van der Waals surface area contributed by atoms with Crippen LogP contribution in [0, 0.1) is 5.82 Å². The zero-order chi connectivity index (χ0) is 14.8. The van der Waals surface area contributed by atoms with Crippen molar-refractivity contribution < 1.29 is 8.81 Å². The summed E-state index contributed by atoms with van der Waals surface area (Å²) < 4.78 is 18.6. The normalized spacial score (nSPS) is 11.8. The summed E-state index contributed by atoms with van der Waals surface area (Å²) in [5.41, 5.74) is 0.659. The van der Waals surface area contributed by atoms with E-state index in [9.17, 15) is 4.39 Å². The molecule has 1 aromatic carbocycles. The smallest absolute Gasteiger partial charge is 0.247 e. The van der Waals surface area contributed by atoms with Crippen molar-refractivity contribution in [3.63, 3.8) is 0 Å². The van der Waals surface area contributed by atoms with Crippen LogP contribution < -0.4 is 5.32 Å². The highest BCUT2D eigenvalue weighted by atomic mass is 35.5. The molecule has 0 saturated carbocycles. The van der Waals surface area contributed by atoms with Gasteiger partial charge in [0.15, 0.2) is 0 Å². The monoisotopic (exact) mass is 297 g/mol. The van der Waals surface area contributed by atoms with Crippen LogP contribution in [0.4, 0.5) is 4.39 Å². The molecule has 2 aromatic rings. The number of hydrogen-bond acceptors (Lipinski definition) is 4. The zero-order valence-electron chi connectivity index (χ0n) is 11.7. The second kappa shape index (κ2) is 5.89. The van der Waals surface area contributed by atoms with E-state index in [-0.39, 0.29) is 10.6 Å². The van der Waals surface area contributed by atoms with Gasteiger partial charge in [-0.3, -0.25) is 0 Å². The second-order valence-corrected chi connectivity index (χ2v) is 5.96. The first kappa shape index (κ1) is 14.9. The predicted molar refractivity (Wildman–Crippen MR) is 76.2 cm³/mol. The third-order valence-corrected chi connectivity index (χ3v) is 2.92. The standard InChI is InChI=1S/C14H17ClFN3O/c1-14(2,3)17-7-6-12-18-19-13(20-12)9-4-5-11(16)10(15)8-9/h4-5,8,17H,6-7H2,1-3H3. The first-order chi connectivity index (χ1) is 9.35. The van der Waals surface area contributed by atoms with E-state index in [1.807, 2.05) is 0 Å². The van der Waals surface area contributed by atoms with E-state index >= 15 is 0 Å². The Labute approximate surface area is 122 Å². The van der Waals surface area contributed by atoms with Crippen molar-refractivity contribution in [1.29, 1.82) is 0 Å². The third-order valence-electron chi connectivity index (χ3n) is 2.63. The van der Waals surface area contributed by atoms with Crippen LogP contribution in [0.1, 0.15) is 26.7 Å². The maximum atomic E-state index is 13.1. The number of benzene rings is 1.